The van der Waals surface area contributed by atoms with Crippen LogP contribution in [0.5, 0.6) is 0 Å². The highest BCUT2D eigenvalue weighted by molar-refractivity contribution is 7.98. The first-order valence-electron chi connectivity index (χ1n) is 7.74. The molecule has 3 aromatic rings. The Kier molecular flexibility index (Phi) is 4.99. The van der Waals surface area contributed by atoms with E-state index in [1.165, 1.54) is 6.07 Å². The molecule has 0 amide bonds. The third-order valence-electron chi connectivity index (χ3n) is 3.75. The molecule has 0 bridgehead atoms. The van der Waals surface area contributed by atoms with Crippen LogP contribution in [0.1, 0.15) is 19.8 Å². The van der Waals surface area contributed by atoms with Crippen molar-refractivity contribution in [3.8, 4) is 16.9 Å². The highest BCUT2D eigenvalue weighted by atomic mass is 32.2. The maximum Gasteiger partial charge on any atom is 0.159 e. The van der Waals surface area contributed by atoms with Crippen molar-refractivity contribution in [1.29, 1.82) is 0 Å². The van der Waals surface area contributed by atoms with Gasteiger partial charge in [0.15, 0.2) is 11.6 Å². The molecule has 0 aliphatic rings. The van der Waals surface area contributed by atoms with Gasteiger partial charge >= 0.3 is 0 Å². The molecule has 1 aromatic carbocycles. The zero-order valence-electron chi connectivity index (χ0n) is 13.5. The minimum absolute atomic E-state index is 0.545. The van der Waals surface area contributed by atoms with E-state index < -0.39 is 11.6 Å². The lowest BCUT2D eigenvalue weighted by molar-refractivity contribution is 0.509. The molecule has 0 fully saturated rings. The second-order valence-corrected chi connectivity index (χ2v) is 6.18. The molecule has 0 saturated carbocycles. The van der Waals surface area contributed by atoms with Crippen molar-refractivity contribution >= 4 is 11.8 Å². The van der Waals surface area contributed by atoms with Gasteiger partial charge in [-0.25, -0.2) is 13.8 Å². The SMILES string of the molecule is CCCCn1nc(-c2ccc(F)c(F)c2)c(-n2ccnc2)c1SC. The van der Waals surface area contributed by atoms with E-state index in [0.717, 1.165) is 36.2 Å². The van der Waals surface area contributed by atoms with Crippen LogP contribution in [0.25, 0.3) is 16.9 Å². The Morgan fingerprint density at radius 2 is 2.04 bits per heavy atom. The van der Waals surface area contributed by atoms with Crippen LogP contribution in [0.2, 0.25) is 0 Å². The Labute approximate surface area is 143 Å². The summed E-state index contributed by atoms with van der Waals surface area (Å²) >= 11 is 1.58. The standard InChI is InChI=1S/C17H18F2N4S/c1-3-4-8-23-17(24-2)16(22-9-7-20-11-22)15(21-23)12-5-6-13(18)14(19)10-12/h5-7,9-11H,3-4,8H2,1-2H3. The molecule has 0 saturated heterocycles. The van der Waals surface area contributed by atoms with Gasteiger partial charge in [-0.1, -0.05) is 13.3 Å². The van der Waals surface area contributed by atoms with E-state index in [0.29, 0.717) is 11.3 Å². The maximum atomic E-state index is 13.7. The Balaban J connectivity index is 2.19. The van der Waals surface area contributed by atoms with Crippen LogP contribution in [-0.2, 0) is 6.54 Å². The summed E-state index contributed by atoms with van der Waals surface area (Å²) in [5, 5.41) is 5.65. The van der Waals surface area contributed by atoms with Gasteiger partial charge in [0.2, 0.25) is 0 Å². The molecule has 0 unspecified atom stereocenters. The Bertz CT molecular complexity index is 827. The van der Waals surface area contributed by atoms with Gasteiger partial charge in [0.25, 0.3) is 0 Å². The average molecular weight is 348 g/mol. The van der Waals surface area contributed by atoms with Crippen molar-refractivity contribution in [2.24, 2.45) is 0 Å². The molecule has 126 valence electrons. The van der Waals surface area contributed by atoms with Crippen LogP contribution in [0.3, 0.4) is 0 Å². The van der Waals surface area contributed by atoms with Crippen LogP contribution in [-0.4, -0.2) is 25.6 Å². The molecule has 2 heterocycles. The summed E-state index contributed by atoms with van der Waals surface area (Å²) in [7, 11) is 0. The number of hydrogen-bond acceptors (Lipinski definition) is 3. The van der Waals surface area contributed by atoms with Gasteiger partial charge in [-0.2, -0.15) is 5.10 Å². The molecular weight excluding hydrogens is 330 g/mol. The highest BCUT2D eigenvalue weighted by Gasteiger charge is 2.21. The van der Waals surface area contributed by atoms with E-state index >= 15 is 0 Å². The number of hydrogen-bond donors (Lipinski definition) is 0. The Morgan fingerprint density at radius 1 is 1.21 bits per heavy atom. The van der Waals surface area contributed by atoms with E-state index in [1.807, 2.05) is 21.7 Å². The fourth-order valence-corrected chi connectivity index (χ4v) is 3.30. The number of aromatic nitrogens is 4. The number of aryl methyl sites for hydroxylation is 1. The normalized spacial score (nSPS) is 11.2. The number of imidazole rings is 1. The number of rotatable bonds is 6. The molecule has 0 aliphatic carbocycles. The second-order valence-electron chi connectivity index (χ2n) is 5.38. The van der Waals surface area contributed by atoms with Gasteiger partial charge in [0.05, 0.1) is 6.33 Å². The van der Waals surface area contributed by atoms with Crippen molar-refractivity contribution in [3.05, 3.63) is 48.6 Å². The minimum Gasteiger partial charge on any atom is -0.302 e. The van der Waals surface area contributed by atoms with E-state index in [1.54, 1.807) is 30.4 Å². The monoisotopic (exact) mass is 348 g/mol. The molecular formula is C17H18F2N4S. The molecule has 0 aliphatic heterocycles. The predicted octanol–water partition coefficient (Wildman–Crippen LogP) is 4.54. The van der Waals surface area contributed by atoms with Gasteiger partial charge in [0, 0.05) is 24.5 Å². The van der Waals surface area contributed by atoms with Crippen LogP contribution in [0.4, 0.5) is 8.78 Å². The van der Waals surface area contributed by atoms with E-state index in [2.05, 4.69) is 17.0 Å². The fourth-order valence-electron chi connectivity index (χ4n) is 2.56. The van der Waals surface area contributed by atoms with Crippen LogP contribution >= 0.6 is 11.8 Å². The summed E-state index contributed by atoms with van der Waals surface area (Å²) in [5.74, 6) is -1.74. The summed E-state index contributed by atoms with van der Waals surface area (Å²) in [6.45, 7) is 2.90. The van der Waals surface area contributed by atoms with Gasteiger partial charge in [-0.15, -0.1) is 11.8 Å². The first kappa shape index (κ1) is 16.7. The number of thioether (sulfide) groups is 1. The molecule has 0 N–H and O–H groups in total. The lowest BCUT2D eigenvalue weighted by atomic mass is 10.1. The van der Waals surface area contributed by atoms with Crippen molar-refractivity contribution in [2.75, 3.05) is 6.26 Å². The van der Waals surface area contributed by atoms with Crippen molar-refractivity contribution < 1.29 is 8.78 Å². The van der Waals surface area contributed by atoms with Crippen molar-refractivity contribution in [2.45, 2.75) is 31.3 Å². The average Bonchev–Trinajstić information content (AvgIpc) is 3.22. The largest absolute Gasteiger partial charge is 0.302 e. The van der Waals surface area contributed by atoms with Crippen molar-refractivity contribution in [3.63, 3.8) is 0 Å². The predicted molar refractivity (Wildman–Crippen MR) is 91.4 cm³/mol. The lowest BCUT2D eigenvalue weighted by Gasteiger charge is -2.07. The number of benzene rings is 1. The highest BCUT2D eigenvalue weighted by Crippen LogP contribution is 2.34. The third-order valence-corrected chi connectivity index (χ3v) is 4.55. The molecule has 24 heavy (non-hydrogen) atoms. The van der Waals surface area contributed by atoms with E-state index in [4.69, 9.17) is 0 Å². The Hall–Kier alpha value is -2.15. The number of halogens is 2. The molecule has 3 rings (SSSR count). The molecule has 7 heteroatoms. The summed E-state index contributed by atoms with van der Waals surface area (Å²) in [4.78, 5) is 4.09. The van der Waals surface area contributed by atoms with Gasteiger partial charge < -0.3 is 4.57 Å². The second kappa shape index (κ2) is 7.17. The number of unbranched alkanes of at least 4 members (excludes halogenated alkanes) is 1. The molecule has 0 spiro atoms. The number of nitrogens with zero attached hydrogens (tertiary/aromatic N) is 4. The fraction of sp³-hybridized carbons (Fsp3) is 0.294. The van der Waals surface area contributed by atoms with Crippen LogP contribution in [0.15, 0.2) is 41.9 Å². The molecule has 2 aromatic heterocycles. The quantitative estimate of drug-likeness (QED) is 0.614. The summed E-state index contributed by atoms with van der Waals surface area (Å²) in [5.41, 5.74) is 2.00. The van der Waals surface area contributed by atoms with Gasteiger partial charge in [-0.05, 0) is 30.9 Å². The van der Waals surface area contributed by atoms with Gasteiger partial charge in [0.1, 0.15) is 16.4 Å². The third kappa shape index (κ3) is 3.08. The topological polar surface area (TPSA) is 35.6 Å². The smallest absolute Gasteiger partial charge is 0.159 e. The lowest BCUT2D eigenvalue weighted by Crippen LogP contribution is -2.02. The first-order chi connectivity index (χ1) is 11.7. The Morgan fingerprint density at radius 3 is 2.67 bits per heavy atom. The molecule has 4 nitrogen and oxygen atoms in total. The summed E-state index contributed by atoms with van der Waals surface area (Å²) < 4.78 is 30.8. The van der Waals surface area contributed by atoms with Gasteiger partial charge in [-0.3, -0.25) is 4.68 Å². The summed E-state index contributed by atoms with van der Waals surface area (Å²) in [6.07, 6.45) is 9.22. The van der Waals surface area contributed by atoms with Crippen LogP contribution in [0, 0.1) is 11.6 Å². The summed E-state index contributed by atoms with van der Waals surface area (Å²) in [6, 6.07) is 3.87. The molecule has 0 radical (unpaired) electrons. The maximum absolute atomic E-state index is 13.7. The van der Waals surface area contributed by atoms with E-state index in [-0.39, 0.29) is 0 Å². The van der Waals surface area contributed by atoms with E-state index in [9.17, 15) is 8.78 Å². The zero-order valence-corrected chi connectivity index (χ0v) is 14.4. The van der Waals surface area contributed by atoms with Crippen molar-refractivity contribution in [1.82, 2.24) is 19.3 Å². The first-order valence-corrected chi connectivity index (χ1v) is 8.96. The van der Waals surface area contributed by atoms with Crippen LogP contribution < -0.4 is 0 Å². The minimum atomic E-state index is -0.877. The zero-order chi connectivity index (χ0) is 17.1. The molecule has 0 atom stereocenters.